The Morgan fingerprint density at radius 3 is 2.69 bits per heavy atom. The van der Waals surface area contributed by atoms with E-state index in [1.54, 1.807) is 23.0 Å². The predicted octanol–water partition coefficient (Wildman–Crippen LogP) is 4.14. The molecule has 11 heteroatoms. The summed E-state index contributed by atoms with van der Waals surface area (Å²) < 4.78 is 12.8. The molecule has 0 fully saturated rings. The van der Waals surface area contributed by atoms with Crippen molar-refractivity contribution in [1.29, 1.82) is 5.26 Å². The second kappa shape index (κ2) is 10.1. The highest BCUT2D eigenvalue weighted by Crippen LogP contribution is 2.33. The molecule has 0 saturated heterocycles. The monoisotopic (exact) mass is 474 g/mol. The number of hydrogen-bond acceptors (Lipinski definition) is 8. The normalized spacial score (nSPS) is 12.7. The Kier molecular flexibility index (Phi) is 6.82. The molecule has 0 radical (unpaired) electrons. The summed E-state index contributed by atoms with van der Waals surface area (Å²) in [7, 11) is 1.83. The molecule has 4 rings (SSSR count). The summed E-state index contributed by atoms with van der Waals surface area (Å²) in [5.41, 5.74) is 3.14. The maximum Gasteiger partial charge on any atom is 0.328 e. The summed E-state index contributed by atoms with van der Waals surface area (Å²) >= 11 is 0. The molecule has 1 aliphatic heterocycles. The number of pyridine rings is 2. The van der Waals surface area contributed by atoms with Gasteiger partial charge in [-0.15, -0.1) is 0 Å². The summed E-state index contributed by atoms with van der Waals surface area (Å²) in [5.74, 6) is 0.732. The first-order valence-corrected chi connectivity index (χ1v) is 11.1. The highest BCUT2D eigenvalue weighted by atomic mass is 16.7. The molecule has 3 aromatic heterocycles. The van der Waals surface area contributed by atoms with E-state index in [0.29, 0.717) is 35.1 Å². The predicted molar refractivity (Wildman–Crippen MR) is 130 cm³/mol. The molecule has 3 aromatic rings. The van der Waals surface area contributed by atoms with Crippen LogP contribution in [0.2, 0.25) is 0 Å². The van der Waals surface area contributed by atoms with Crippen molar-refractivity contribution in [2.45, 2.75) is 33.1 Å². The van der Waals surface area contributed by atoms with E-state index in [0.717, 1.165) is 11.1 Å². The lowest BCUT2D eigenvalue weighted by molar-refractivity contribution is -0.0273. The molecule has 35 heavy (non-hydrogen) atoms. The Labute approximate surface area is 203 Å². The van der Waals surface area contributed by atoms with Crippen molar-refractivity contribution in [3.05, 3.63) is 60.6 Å². The van der Waals surface area contributed by atoms with Crippen molar-refractivity contribution in [1.82, 2.24) is 19.7 Å². The molecule has 0 unspecified atom stereocenters. The van der Waals surface area contributed by atoms with Crippen LogP contribution in [-0.4, -0.2) is 38.4 Å². The number of rotatable bonds is 7. The smallest absolute Gasteiger partial charge is 0.328 e. The van der Waals surface area contributed by atoms with E-state index in [-0.39, 0.29) is 6.04 Å². The minimum absolute atomic E-state index is 0.107. The average Bonchev–Trinajstić information content (AvgIpc) is 3.51. The number of urea groups is 1. The zero-order chi connectivity index (χ0) is 24.9. The first-order chi connectivity index (χ1) is 16.9. The van der Waals surface area contributed by atoms with Gasteiger partial charge in [0, 0.05) is 49.2 Å². The number of anilines is 3. The molecule has 4 heterocycles. The fourth-order valence-electron chi connectivity index (χ4n) is 3.60. The third kappa shape index (κ3) is 5.16. The van der Waals surface area contributed by atoms with E-state index in [2.05, 4.69) is 26.8 Å². The number of nitrogens with one attached hydrogen (secondary N) is 2. The number of nitrogens with zero attached hydrogens (tertiary/aromatic N) is 6. The fraction of sp³-hybridized carbons (Fsp3) is 0.292. The molecule has 180 valence electrons. The first kappa shape index (κ1) is 23.6. The van der Waals surface area contributed by atoms with E-state index in [9.17, 15) is 10.1 Å². The minimum atomic E-state index is -0.739. The van der Waals surface area contributed by atoms with Crippen LogP contribution in [-0.2, 0) is 16.5 Å². The lowest BCUT2D eigenvalue weighted by Crippen LogP contribution is -2.36. The van der Waals surface area contributed by atoms with Crippen LogP contribution in [0.15, 0.2) is 49.3 Å². The van der Waals surface area contributed by atoms with E-state index in [1.165, 1.54) is 23.6 Å². The van der Waals surface area contributed by atoms with Gasteiger partial charge in [0.05, 0.1) is 17.4 Å². The second-order valence-electron chi connectivity index (χ2n) is 8.08. The van der Waals surface area contributed by atoms with E-state index < -0.39 is 12.3 Å². The van der Waals surface area contributed by atoms with Gasteiger partial charge in [-0.05, 0) is 32.9 Å². The van der Waals surface area contributed by atoms with Crippen molar-refractivity contribution < 1.29 is 14.3 Å². The average molecular weight is 475 g/mol. The topological polar surface area (TPSA) is 130 Å². The van der Waals surface area contributed by atoms with Crippen molar-refractivity contribution in [2.24, 2.45) is 7.05 Å². The second-order valence-corrected chi connectivity index (χ2v) is 8.08. The third-order valence-corrected chi connectivity index (χ3v) is 5.15. The van der Waals surface area contributed by atoms with Crippen molar-refractivity contribution >= 4 is 23.4 Å². The number of amides is 2. The van der Waals surface area contributed by atoms with Gasteiger partial charge in [0.1, 0.15) is 35.9 Å². The molecule has 2 N–H and O–H groups in total. The van der Waals surface area contributed by atoms with Gasteiger partial charge >= 0.3 is 6.03 Å². The van der Waals surface area contributed by atoms with E-state index >= 15 is 0 Å². The van der Waals surface area contributed by atoms with Crippen molar-refractivity contribution in [2.75, 3.05) is 22.1 Å². The zero-order valence-electron chi connectivity index (χ0n) is 19.9. The molecule has 0 aromatic carbocycles. The molecular weight excluding hydrogens is 448 g/mol. The molecule has 0 atom stereocenters. The van der Waals surface area contributed by atoms with Crippen LogP contribution in [0.1, 0.15) is 38.3 Å². The summed E-state index contributed by atoms with van der Waals surface area (Å²) in [5, 5.41) is 19.6. The number of carbonyl (C=O) groups is 1. The van der Waals surface area contributed by atoms with Gasteiger partial charge < -0.3 is 14.8 Å². The summed E-state index contributed by atoms with van der Waals surface area (Å²) in [6, 6.07) is 7.05. The zero-order valence-corrected chi connectivity index (χ0v) is 19.9. The van der Waals surface area contributed by atoms with Crippen molar-refractivity contribution in [3.8, 4) is 17.2 Å². The number of ether oxygens (including phenoxy) is 2. The van der Waals surface area contributed by atoms with Gasteiger partial charge in [-0.25, -0.2) is 14.8 Å². The molecule has 1 aliphatic rings. The van der Waals surface area contributed by atoms with Gasteiger partial charge in [0.25, 0.3) is 6.29 Å². The standard InChI is InChI=1S/C24H26N8O3/c1-5-32(24(33)29-20-10-19(28-15(2)3)16(11-25)12-26-20)21-7-6-18(17-13-27-31(4)14-17)22(30-21)23-34-8-9-35-23/h6-10,12-15,23H,5H2,1-4H3,(H2,26,28,29,33). The third-order valence-electron chi connectivity index (χ3n) is 5.15. The molecular formula is C24H26N8O3. The van der Waals surface area contributed by atoms with Gasteiger partial charge in [-0.3, -0.25) is 14.9 Å². The van der Waals surface area contributed by atoms with Crippen LogP contribution in [0.3, 0.4) is 0 Å². The molecule has 11 nitrogen and oxygen atoms in total. The maximum absolute atomic E-state index is 13.2. The van der Waals surface area contributed by atoms with Gasteiger partial charge in [-0.1, -0.05) is 0 Å². The van der Waals surface area contributed by atoms with Gasteiger partial charge in [-0.2, -0.15) is 10.4 Å². The van der Waals surface area contributed by atoms with E-state index in [1.807, 2.05) is 40.1 Å². The Hall–Kier alpha value is -4.59. The fourth-order valence-corrected chi connectivity index (χ4v) is 3.60. The Morgan fingerprint density at radius 1 is 1.29 bits per heavy atom. The minimum Gasteiger partial charge on any atom is -0.454 e. The van der Waals surface area contributed by atoms with Crippen LogP contribution < -0.4 is 15.5 Å². The molecule has 0 saturated carbocycles. The molecule has 0 spiro atoms. The summed E-state index contributed by atoms with van der Waals surface area (Å²) in [6.45, 7) is 6.12. The van der Waals surface area contributed by atoms with Gasteiger partial charge in [0.2, 0.25) is 0 Å². The lowest BCUT2D eigenvalue weighted by atomic mass is 10.1. The SMILES string of the molecule is CCN(C(=O)Nc1cc(NC(C)C)c(C#N)cn1)c1ccc(-c2cnn(C)c2)c(C2OC=CO2)n1. The van der Waals surface area contributed by atoms with Crippen LogP contribution in [0.4, 0.5) is 22.1 Å². The number of hydrogen-bond donors (Lipinski definition) is 2. The first-order valence-electron chi connectivity index (χ1n) is 11.1. The molecule has 0 aliphatic carbocycles. The Morgan fingerprint density at radius 2 is 2.06 bits per heavy atom. The Balaban J connectivity index is 1.62. The van der Waals surface area contributed by atoms with Crippen LogP contribution in [0.5, 0.6) is 0 Å². The highest BCUT2D eigenvalue weighted by molar-refractivity contribution is 6.01. The highest BCUT2D eigenvalue weighted by Gasteiger charge is 2.26. The maximum atomic E-state index is 13.2. The number of aryl methyl sites for hydroxylation is 1. The van der Waals surface area contributed by atoms with Crippen LogP contribution >= 0.6 is 0 Å². The largest absolute Gasteiger partial charge is 0.454 e. The number of carbonyl (C=O) groups excluding carboxylic acids is 1. The molecule has 0 bridgehead atoms. The molecule has 2 amide bonds. The summed E-state index contributed by atoms with van der Waals surface area (Å²) in [6.07, 6.45) is 7.19. The lowest BCUT2D eigenvalue weighted by Gasteiger charge is -2.23. The number of aromatic nitrogens is 4. The van der Waals surface area contributed by atoms with Gasteiger partial charge in [0.15, 0.2) is 0 Å². The number of nitriles is 1. The quantitative estimate of drug-likeness (QED) is 0.522. The van der Waals surface area contributed by atoms with Crippen molar-refractivity contribution in [3.63, 3.8) is 0 Å². The summed E-state index contributed by atoms with van der Waals surface area (Å²) in [4.78, 5) is 23.6. The van der Waals surface area contributed by atoms with Crippen LogP contribution in [0.25, 0.3) is 11.1 Å². The van der Waals surface area contributed by atoms with E-state index in [4.69, 9.17) is 14.5 Å². The Bertz CT molecular complexity index is 1290. The van der Waals surface area contributed by atoms with Crippen LogP contribution in [0, 0.1) is 11.3 Å².